The highest BCUT2D eigenvalue weighted by atomic mass is 16.5. The van der Waals surface area contributed by atoms with Gasteiger partial charge in [0.15, 0.2) is 0 Å². The van der Waals surface area contributed by atoms with Crippen LogP contribution in [0.1, 0.15) is 18.4 Å². The number of rotatable bonds is 4. The van der Waals surface area contributed by atoms with Gasteiger partial charge in [-0.3, -0.25) is 4.79 Å². The van der Waals surface area contributed by atoms with Gasteiger partial charge in [-0.05, 0) is 18.4 Å². The molecule has 20 heavy (non-hydrogen) atoms. The molecular weight excluding hydrogens is 258 g/mol. The molecule has 2 N–H and O–H groups in total. The zero-order chi connectivity index (χ0) is 14.4. The Morgan fingerprint density at radius 1 is 1.30 bits per heavy atom. The van der Waals surface area contributed by atoms with Crippen molar-refractivity contribution in [2.75, 3.05) is 0 Å². The summed E-state index contributed by atoms with van der Waals surface area (Å²) in [7, 11) is 0. The Morgan fingerprint density at radius 2 is 2.05 bits per heavy atom. The average Bonchev–Trinajstić information content (AvgIpc) is 2.46. The standard InChI is InChI=1S/C15H17NO4/c17-14(18)12-8-4-5-9-13(12)16-15(19)20-10-11-6-2-1-3-7-11/h1-3,5-7,9,12-13H,4,8,10H2,(H,16,19)(H,17,18). The van der Waals surface area contributed by atoms with Crippen LogP contribution in [0.3, 0.4) is 0 Å². The Labute approximate surface area is 117 Å². The number of carbonyl (C=O) groups excluding carboxylic acids is 1. The second-order valence-corrected chi connectivity index (χ2v) is 4.68. The maximum atomic E-state index is 11.7. The monoisotopic (exact) mass is 275 g/mol. The van der Waals surface area contributed by atoms with Crippen molar-refractivity contribution in [1.82, 2.24) is 5.32 Å². The fourth-order valence-electron chi connectivity index (χ4n) is 2.16. The number of allylic oxidation sites excluding steroid dienone is 1. The zero-order valence-electron chi connectivity index (χ0n) is 11.0. The maximum absolute atomic E-state index is 11.7. The summed E-state index contributed by atoms with van der Waals surface area (Å²) in [6.07, 6.45) is 4.23. The topological polar surface area (TPSA) is 75.6 Å². The summed E-state index contributed by atoms with van der Waals surface area (Å²) in [6.45, 7) is 0.168. The van der Waals surface area contributed by atoms with Crippen LogP contribution in [0.4, 0.5) is 4.79 Å². The van der Waals surface area contributed by atoms with Crippen molar-refractivity contribution in [1.29, 1.82) is 0 Å². The van der Waals surface area contributed by atoms with E-state index in [0.29, 0.717) is 12.8 Å². The second kappa shape index (κ2) is 6.75. The van der Waals surface area contributed by atoms with Crippen molar-refractivity contribution >= 4 is 12.1 Å². The van der Waals surface area contributed by atoms with Crippen LogP contribution in [-0.2, 0) is 16.1 Å². The minimum absolute atomic E-state index is 0.168. The number of hydrogen-bond acceptors (Lipinski definition) is 3. The van der Waals surface area contributed by atoms with E-state index in [0.717, 1.165) is 5.56 Å². The van der Waals surface area contributed by atoms with Gasteiger partial charge in [0.1, 0.15) is 6.61 Å². The number of benzene rings is 1. The summed E-state index contributed by atoms with van der Waals surface area (Å²) < 4.78 is 5.08. The van der Waals surface area contributed by atoms with E-state index in [9.17, 15) is 9.59 Å². The van der Waals surface area contributed by atoms with E-state index in [2.05, 4.69) is 5.32 Å². The van der Waals surface area contributed by atoms with Crippen LogP contribution in [0, 0.1) is 5.92 Å². The van der Waals surface area contributed by atoms with Gasteiger partial charge < -0.3 is 15.2 Å². The van der Waals surface area contributed by atoms with Gasteiger partial charge in [-0.15, -0.1) is 0 Å². The molecule has 0 spiro atoms. The van der Waals surface area contributed by atoms with Crippen molar-refractivity contribution in [3.8, 4) is 0 Å². The SMILES string of the molecule is O=C(NC1C=CCCC1C(=O)O)OCc1ccccc1. The second-order valence-electron chi connectivity index (χ2n) is 4.68. The van der Waals surface area contributed by atoms with E-state index in [4.69, 9.17) is 9.84 Å². The molecule has 5 nitrogen and oxygen atoms in total. The number of ether oxygens (including phenoxy) is 1. The zero-order valence-corrected chi connectivity index (χ0v) is 11.0. The minimum Gasteiger partial charge on any atom is -0.481 e. The van der Waals surface area contributed by atoms with E-state index >= 15 is 0 Å². The van der Waals surface area contributed by atoms with Gasteiger partial charge in [-0.1, -0.05) is 42.5 Å². The third-order valence-electron chi connectivity index (χ3n) is 3.24. The number of alkyl carbamates (subject to hydrolysis) is 1. The summed E-state index contributed by atoms with van der Waals surface area (Å²) in [5.74, 6) is -1.49. The molecule has 2 atom stereocenters. The number of hydrogen-bond donors (Lipinski definition) is 2. The Balaban J connectivity index is 1.85. The van der Waals surface area contributed by atoms with Gasteiger partial charge >= 0.3 is 12.1 Å². The molecule has 106 valence electrons. The molecule has 0 saturated carbocycles. The fourth-order valence-corrected chi connectivity index (χ4v) is 2.16. The molecule has 1 aliphatic rings. The third kappa shape index (κ3) is 3.85. The molecule has 1 amide bonds. The van der Waals surface area contributed by atoms with Crippen LogP contribution >= 0.6 is 0 Å². The number of carboxylic acids is 1. The summed E-state index contributed by atoms with van der Waals surface area (Å²) in [5.41, 5.74) is 0.886. The van der Waals surface area contributed by atoms with E-state index in [-0.39, 0.29) is 6.61 Å². The summed E-state index contributed by atoms with van der Waals surface area (Å²) in [6, 6.07) is 8.81. The highest BCUT2D eigenvalue weighted by Gasteiger charge is 2.29. The first kappa shape index (κ1) is 14.1. The molecule has 5 heteroatoms. The first-order chi connectivity index (χ1) is 9.66. The molecule has 0 fully saturated rings. The molecule has 0 radical (unpaired) electrons. The van der Waals surface area contributed by atoms with Crippen molar-refractivity contribution < 1.29 is 19.4 Å². The third-order valence-corrected chi connectivity index (χ3v) is 3.24. The van der Waals surface area contributed by atoms with Gasteiger partial charge in [-0.2, -0.15) is 0 Å². The van der Waals surface area contributed by atoms with E-state index < -0.39 is 24.0 Å². The van der Waals surface area contributed by atoms with Crippen molar-refractivity contribution in [2.24, 2.45) is 5.92 Å². The smallest absolute Gasteiger partial charge is 0.407 e. The predicted molar refractivity (Wildman–Crippen MR) is 73.1 cm³/mol. The molecule has 0 aromatic heterocycles. The molecule has 1 aliphatic carbocycles. The minimum atomic E-state index is -0.900. The van der Waals surface area contributed by atoms with Gasteiger partial charge in [-0.25, -0.2) is 4.79 Å². The summed E-state index contributed by atoms with van der Waals surface area (Å²) >= 11 is 0. The lowest BCUT2D eigenvalue weighted by Gasteiger charge is -2.24. The number of amides is 1. The van der Waals surface area contributed by atoms with Crippen LogP contribution in [-0.4, -0.2) is 23.2 Å². The van der Waals surface area contributed by atoms with Crippen molar-refractivity contribution in [3.63, 3.8) is 0 Å². The molecule has 1 aromatic rings. The molecule has 0 aliphatic heterocycles. The van der Waals surface area contributed by atoms with Gasteiger partial charge in [0, 0.05) is 0 Å². The van der Waals surface area contributed by atoms with Crippen LogP contribution in [0.5, 0.6) is 0 Å². The molecule has 1 aromatic carbocycles. The Hall–Kier alpha value is -2.30. The summed E-state index contributed by atoms with van der Waals surface area (Å²) in [4.78, 5) is 22.8. The normalized spacial score (nSPS) is 21.2. The molecule has 0 bridgehead atoms. The van der Waals surface area contributed by atoms with Crippen LogP contribution < -0.4 is 5.32 Å². The molecule has 2 rings (SSSR count). The molecule has 2 unspecified atom stereocenters. The lowest BCUT2D eigenvalue weighted by Crippen LogP contribution is -2.43. The van der Waals surface area contributed by atoms with Crippen LogP contribution in [0.25, 0.3) is 0 Å². The van der Waals surface area contributed by atoms with Crippen molar-refractivity contribution in [3.05, 3.63) is 48.0 Å². The predicted octanol–water partition coefficient (Wildman–Crippen LogP) is 2.33. The quantitative estimate of drug-likeness (QED) is 0.827. The first-order valence-electron chi connectivity index (χ1n) is 6.53. The van der Waals surface area contributed by atoms with E-state index in [1.165, 1.54) is 0 Å². The number of aliphatic carboxylic acids is 1. The largest absolute Gasteiger partial charge is 0.481 e. The van der Waals surface area contributed by atoms with Gasteiger partial charge in [0.05, 0.1) is 12.0 Å². The highest BCUT2D eigenvalue weighted by Crippen LogP contribution is 2.19. The van der Waals surface area contributed by atoms with Crippen molar-refractivity contribution in [2.45, 2.75) is 25.5 Å². The maximum Gasteiger partial charge on any atom is 0.407 e. The molecule has 0 saturated heterocycles. The lowest BCUT2D eigenvalue weighted by atomic mass is 9.90. The van der Waals surface area contributed by atoms with E-state index in [1.54, 1.807) is 6.08 Å². The van der Waals surface area contributed by atoms with Crippen LogP contribution in [0.2, 0.25) is 0 Å². The van der Waals surface area contributed by atoms with Gasteiger partial charge in [0.25, 0.3) is 0 Å². The Kier molecular flexibility index (Phi) is 4.76. The highest BCUT2D eigenvalue weighted by molar-refractivity contribution is 5.74. The summed E-state index contributed by atoms with van der Waals surface area (Å²) in [5, 5.41) is 11.7. The lowest BCUT2D eigenvalue weighted by molar-refractivity contribution is -0.142. The molecule has 0 heterocycles. The number of nitrogens with one attached hydrogen (secondary N) is 1. The van der Waals surface area contributed by atoms with Crippen LogP contribution in [0.15, 0.2) is 42.5 Å². The Morgan fingerprint density at radius 3 is 2.75 bits per heavy atom. The Bertz CT molecular complexity index is 498. The number of carbonyl (C=O) groups is 2. The first-order valence-corrected chi connectivity index (χ1v) is 6.53. The fraction of sp³-hybridized carbons (Fsp3) is 0.333. The van der Waals surface area contributed by atoms with E-state index in [1.807, 2.05) is 36.4 Å². The average molecular weight is 275 g/mol. The van der Waals surface area contributed by atoms with Gasteiger partial charge in [0.2, 0.25) is 0 Å². The molecular formula is C15H17NO4. The number of carboxylic acid groups (broad SMARTS) is 1.